The number of nitrogens with zero attached hydrogens (tertiary/aromatic N) is 4. The Morgan fingerprint density at radius 3 is 2.53 bits per heavy atom. The molecule has 2 aliphatic rings. The second kappa shape index (κ2) is 8.84. The van der Waals surface area contributed by atoms with Gasteiger partial charge < -0.3 is 15.3 Å². The maximum absolute atomic E-state index is 13.5. The molecule has 184 valence electrons. The molecule has 2 aromatic rings. The van der Waals surface area contributed by atoms with Gasteiger partial charge in [-0.3, -0.25) is 19.0 Å². The molecule has 0 spiro atoms. The van der Waals surface area contributed by atoms with Crippen molar-refractivity contribution in [2.24, 2.45) is 5.92 Å². The van der Waals surface area contributed by atoms with Gasteiger partial charge in [0.25, 0.3) is 17.4 Å². The molecule has 0 aromatic carbocycles. The van der Waals surface area contributed by atoms with Crippen LogP contribution in [0.25, 0.3) is 11.7 Å². The summed E-state index contributed by atoms with van der Waals surface area (Å²) in [5.41, 5.74) is -0.195. The highest BCUT2D eigenvalue weighted by molar-refractivity contribution is 5.99. The number of piperidine rings is 1. The van der Waals surface area contributed by atoms with Gasteiger partial charge in [-0.05, 0) is 31.8 Å². The number of carbonyl (C=O) groups excluding carboxylic acids is 2. The number of fused-ring (bicyclic) bond motifs is 1. The molecule has 4 rings (SSSR count). The molecule has 1 aliphatic heterocycles. The van der Waals surface area contributed by atoms with Crippen molar-refractivity contribution >= 4 is 23.5 Å². The van der Waals surface area contributed by atoms with Gasteiger partial charge >= 0.3 is 0 Å². The first-order valence-corrected chi connectivity index (χ1v) is 11.5. The Balaban J connectivity index is 1.74. The van der Waals surface area contributed by atoms with Gasteiger partial charge in [0.1, 0.15) is 5.65 Å². The predicted molar refractivity (Wildman–Crippen MR) is 121 cm³/mol. The molecule has 0 atom stereocenters. The molecule has 1 saturated heterocycles. The molecule has 34 heavy (non-hydrogen) atoms. The Morgan fingerprint density at radius 2 is 1.94 bits per heavy atom. The van der Waals surface area contributed by atoms with Gasteiger partial charge in [-0.1, -0.05) is 13.8 Å². The zero-order valence-electron chi connectivity index (χ0n) is 19.5. The SMILES string of the molecule is C/C(=C\c1cnn2c(=O)c(C(=O)NC3CC3)c(O)n(CC(C)C)c12)C(=O)N1CCC(F)(F)CC1. The van der Waals surface area contributed by atoms with Crippen LogP contribution in [0.4, 0.5) is 8.78 Å². The zero-order chi connectivity index (χ0) is 24.8. The number of halogens is 2. The summed E-state index contributed by atoms with van der Waals surface area (Å²) < 4.78 is 29.4. The smallest absolute Gasteiger partial charge is 0.291 e. The van der Waals surface area contributed by atoms with Crippen LogP contribution >= 0.6 is 0 Å². The number of alkyl halides is 2. The Labute approximate surface area is 195 Å². The van der Waals surface area contributed by atoms with Crippen LogP contribution in [-0.2, 0) is 11.3 Å². The third kappa shape index (κ3) is 4.69. The first kappa shape index (κ1) is 23.9. The van der Waals surface area contributed by atoms with E-state index in [0.717, 1.165) is 17.4 Å². The van der Waals surface area contributed by atoms with E-state index in [0.29, 0.717) is 17.7 Å². The summed E-state index contributed by atoms with van der Waals surface area (Å²) in [6.07, 6.45) is 3.81. The number of hydrogen-bond donors (Lipinski definition) is 2. The number of amides is 2. The fourth-order valence-corrected chi connectivity index (χ4v) is 4.12. The molecule has 2 aromatic heterocycles. The van der Waals surface area contributed by atoms with E-state index in [1.807, 2.05) is 13.8 Å². The second-order valence-electron chi connectivity index (χ2n) is 9.57. The van der Waals surface area contributed by atoms with Gasteiger partial charge in [-0.25, -0.2) is 8.78 Å². The topological polar surface area (TPSA) is 109 Å². The normalized spacial score (nSPS) is 18.5. The molecule has 3 heterocycles. The van der Waals surface area contributed by atoms with Crippen LogP contribution in [0.2, 0.25) is 0 Å². The van der Waals surface area contributed by atoms with E-state index >= 15 is 0 Å². The Morgan fingerprint density at radius 1 is 1.29 bits per heavy atom. The Hall–Kier alpha value is -3.24. The summed E-state index contributed by atoms with van der Waals surface area (Å²) in [7, 11) is 0. The summed E-state index contributed by atoms with van der Waals surface area (Å²) >= 11 is 0. The summed E-state index contributed by atoms with van der Waals surface area (Å²) in [6, 6.07) is 0.0000562. The highest BCUT2D eigenvalue weighted by Crippen LogP contribution is 2.29. The largest absolute Gasteiger partial charge is 0.494 e. The third-order valence-corrected chi connectivity index (χ3v) is 6.09. The van der Waals surface area contributed by atoms with Gasteiger partial charge in [-0.15, -0.1) is 0 Å². The number of nitrogens with one attached hydrogen (secondary N) is 1. The van der Waals surface area contributed by atoms with Crippen LogP contribution < -0.4 is 10.9 Å². The fourth-order valence-electron chi connectivity index (χ4n) is 4.12. The van der Waals surface area contributed by atoms with Crippen LogP contribution in [0.5, 0.6) is 5.88 Å². The van der Waals surface area contributed by atoms with E-state index in [1.54, 1.807) is 6.92 Å². The van der Waals surface area contributed by atoms with Gasteiger partial charge in [0.2, 0.25) is 11.8 Å². The van der Waals surface area contributed by atoms with E-state index in [-0.39, 0.29) is 55.0 Å². The highest BCUT2D eigenvalue weighted by Gasteiger charge is 2.36. The van der Waals surface area contributed by atoms with E-state index < -0.39 is 23.3 Å². The number of carbonyl (C=O) groups is 2. The average molecular weight is 478 g/mol. The van der Waals surface area contributed by atoms with E-state index in [4.69, 9.17) is 0 Å². The molecule has 2 N–H and O–H groups in total. The maximum atomic E-state index is 13.5. The van der Waals surface area contributed by atoms with E-state index in [1.165, 1.54) is 21.7 Å². The molecule has 2 fully saturated rings. The fraction of sp³-hybridized carbons (Fsp3) is 0.565. The Kier molecular flexibility index (Phi) is 6.22. The van der Waals surface area contributed by atoms with Crippen molar-refractivity contribution in [1.29, 1.82) is 0 Å². The van der Waals surface area contributed by atoms with Gasteiger partial charge in [0.05, 0.1) is 6.20 Å². The second-order valence-corrected chi connectivity index (χ2v) is 9.57. The van der Waals surface area contributed by atoms with Gasteiger partial charge in [0, 0.05) is 49.7 Å². The van der Waals surface area contributed by atoms with E-state index in [9.17, 15) is 28.3 Å². The number of rotatable bonds is 6. The Bertz CT molecular complexity index is 1220. The summed E-state index contributed by atoms with van der Waals surface area (Å²) in [5.74, 6) is -4.18. The van der Waals surface area contributed by atoms with Crippen LogP contribution in [0.3, 0.4) is 0 Å². The average Bonchev–Trinajstić information content (AvgIpc) is 3.47. The van der Waals surface area contributed by atoms with Crippen molar-refractivity contribution in [3.05, 3.63) is 33.3 Å². The molecule has 1 saturated carbocycles. The molecule has 0 unspecified atom stereocenters. The maximum Gasteiger partial charge on any atom is 0.291 e. The molecule has 2 amide bonds. The number of aromatic nitrogens is 3. The molecule has 11 heteroatoms. The van der Waals surface area contributed by atoms with Crippen LogP contribution in [0.1, 0.15) is 62.4 Å². The van der Waals surface area contributed by atoms with Crippen molar-refractivity contribution < 1.29 is 23.5 Å². The lowest BCUT2D eigenvalue weighted by Gasteiger charge is -2.32. The molecular weight excluding hydrogens is 448 g/mol. The summed E-state index contributed by atoms with van der Waals surface area (Å²) in [4.78, 5) is 40.0. The van der Waals surface area contributed by atoms with Crippen molar-refractivity contribution in [3.8, 4) is 5.88 Å². The van der Waals surface area contributed by atoms with Crippen LogP contribution in [0.15, 0.2) is 16.6 Å². The lowest BCUT2D eigenvalue weighted by atomic mass is 10.1. The third-order valence-electron chi connectivity index (χ3n) is 6.09. The molecule has 0 bridgehead atoms. The molecule has 9 nitrogen and oxygen atoms in total. The van der Waals surface area contributed by atoms with Gasteiger partial charge in [-0.2, -0.15) is 9.61 Å². The van der Waals surface area contributed by atoms with E-state index in [2.05, 4.69) is 10.4 Å². The van der Waals surface area contributed by atoms with Crippen molar-refractivity contribution in [1.82, 2.24) is 24.4 Å². The van der Waals surface area contributed by atoms with Gasteiger partial charge in [0.15, 0.2) is 5.56 Å². The number of likely N-dealkylation sites (tertiary alicyclic amines) is 1. The predicted octanol–water partition coefficient (Wildman–Crippen LogP) is 2.41. The lowest BCUT2D eigenvalue weighted by molar-refractivity contribution is -0.133. The highest BCUT2D eigenvalue weighted by atomic mass is 19.3. The quantitative estimate of drug-likeness (QED) is 0.621. The lowest BCUT2D eigenvalue weighted by Crippen LogP contribution is -2.43. The molecular formula is C23H29F2N5O4. The standard InChI is InChI=1S/C23H29F2N5O4/c1-13(2)12-29-19-15(10-14(3)20(32)28-8-6-23(24,25)7-9-28)11-26-30(19)22(34)17(21(29)33)18(31)27-16-4-5-16/h10-11,13,16,33H,4-9,12H2,1-3H3,(H,27,31)/b14-10+. The number of aromatic hydroxyl groups is 1. The minimum Gasteiger partial charge on any atom is -0.494 e. The van der Waals surface area contributed by atoms with Crippen molar-refractivity contribution in [2.75, 3.05) is 13.1 Å². The zero-order valence-corrected chi connectivity index (χ0v) is 19.5. The summed E-state index contributed by atoms with van der Waals surface area (Å²) in [6.45, 7) is 5.63. The summed E-state index contributed by atoms with van der Waals surface area (Å²) in [5, 5.41) is 17.8. The monoisotopic (exact) mass is 477 g/mol. The van der Waals surface area contributed by atoms with Crippen LogP contribution in [-0.4, -0.2) is 61.1 Å². The first-order valence-electron chi connectivity index (χ1n) is 11.5. The molecule has 1 aliphatic carbocycles. The minimum atomic E-state index is -2.76. The molecule has 0 radical (unpaired) electrons. The van der Waals surface area contributed by atoms with Crippen molar-refractivity contribution in [3.63, 3.8) is 0 Å². The first-order chi connectivity index (χ1) is 16.0. The number of hydrogen-bond acceptors (Lipinski definition) is 5. The minimum absolute atomic E-state index is 0.0000562. The van der Waals surface area contributed by atoms with Crippen LogP contribution in [0, 0.1) is 5.92 Å². The van der Waals surface area contributed by atoms with Crippen molar-refractivity contribution in [2.45, 2.75) is 65.0 Å².